The molecule has 2 saturated carbocycles. The van der Waals surface area contributed by atoms with Crippen molar-refractivity contribution in [3.05, 3.63) is 59.2 Å². The second-order valence-corrected chi connectivity index (χ2v) is 9.33. The Labute approximate surface area is 192 Å². The predicted molar refractivity (Wildman–Crippen MR) is 122 cm³/mol. The smallest absolute Gasteiger partial charge is 0.338 e. The monoisotopic (exact) mass is 446 g/mol. The molecule has 1 saturated heterocycles. The zero-order valence-electron chi connectivity index (χ0n) is 18.7. The largest absolute Gasteiger partial charge is 0.452 e. The molecule has 3 amide bonds. The number of imide groups is 1. The van der Waals surface area contributed by atoms with E-state index in [1.54, 1.807) is 12.1 Å². The number of hydrogen-bond donors (Lipinski definition) is 1. The van der Waals surface area contributed by atoms with Gasteiger partial charge in [0, 0.05) is 5.69 Å². The lowest BCUT2D eigenvalue weighted by Crippen LogP contribution is -2.32. The maximum Gasteiger partial charge on any atom is 0.338 e. The molecular weight excluding hydrogens is 420 g/mol. The first kappa shape index (κ1) is 21.4. The normalized spacial score (nSPS) is 25.3. The van der Waals surface area contributed by atoms with Gasteiger partial charge in [-0.3, -0.25) is 19.3 Å². The Morgan fingerprint density at radius 3 is 2.09 bits per heavy atom. The van der Waals surface area contributed by atoms with Crippen molar-refractivity contribution in [2.75, 3.05) is 16.8 Å². The summed E-state index contributed by atoms with van der Waals surface area (Å²) in [4.78, 5) is 51.8. The second-order valence-electron chi connectivity index (χ2n) is 9.33. The van der Waals surface area contributed by atoms with Crippen LogP contribution in [0.25, 0.3) is 0 Å². The third-order valence-corrected chi connectivity index (χ3v) is 7.37. The van der Waals surface area contributed by atoms with Crippen molar-refractivity contribution in [1.29, 1.82) is 0 Å². The Balaban J connectivity index is 1.21. The van der Waals surface area contributed by atoms with Crippen LogP contribution in [-0.2, 0) is 19.1 Å². The van der Waals surface area contributed by atoms with Crippen LogP contribution in [0.2, 0.25) is 0 Å². The van der Waals surface area contributed by atoms with Crippen LogP contribution in [0.15, 0.2) is 42.5 Å². The fourth-order valence-electron chi connectivity index (χ4n) is 5.81. The molecule has 2 aromatic rings. The minimum Gasteiger partial charge on any atom is -0.452 e. The molecule has 33 heavy (non-hydrogen) atoms. The van der Waals surface area contributed by atoms with Crippen molar-refractivity contribution in [2.45, 2.75) is 33.1 Å². The van der Waals surface area contributed by atoms with Crippen LogP contribution in [0.4, 0.5) is 11.4 Å². The fraction of sp³-hybridized carbons (Fsp3) is 0.385. The molecule has 0 spiro atoms. The highest BCUT2D eigenvalue weighted by molar-refractivity contribution is 6.22. The zero-order chi connectivity index (χ0) is 23.3. The van der Waals surface area contributed by atoms with Gasteiger partial charge in [0.05, 0.1) is 23.1 Å². The summed E-state index contributed by atoms with van der Waals surface area (Å²) < 4.78 is 5.15. The summed E-state index contributed by atoms with van der Waals surface area (Å²) in [5, 5.41) is 2.77. The van der Waals surface area contributed by atoms with Crippen molar-refractivity contribution >= 4 is 35.1 Å². The summed E-state index contributed by atoms with van der Waals surface area (Å²) >= 11 is 0. The van der Waals surface area contributed by atoms with Crippen LogP contribution in [0, 0.1) is 37.5 Å². The van der Waals surface area contributed by atoms with Gasteiger partial charge in [0.25, 0.3) is 5.91 Å². The average Bonchev–Trinajstić information content (AvgIpc) is 3.48. The summed E-state index contributed by atoms with van der Waals surface area (Å²) in [5.74, 6) is -1.02. The minimum atomic E-state index is -0.646. The maximum absolute atomic E-state index is 13.0. The number of fused-ring (bicyclic) bond motifs is 5. The zero-order valence-corrected chi connectivity index (χ0v) is 18.7. The van der Waals surface area contributed by atoms with E-state index in [1.807, 2.05) is 32.0 Å². The van der Waals surface area contributed by atoms with Crippen LogP contribution in [0.5, 0.6) is 0 Å². The molecule has 0 aromatic heterocycles. The van der Waals surface area contributed by atoms with Crippen molar-refractivity contribution < 1.29 is 23.9 Å². The van der Waals surface area contributed by atoms with Gasteiger partial charge in [0.2, 0.25) is 11.8 Å². The first-order valence-electron chi connectivity index (χ1n) is 11.4. The van der Waals surface area contributed by atoms with E-state index in [1.165, 1.54) is 17.0 Å². The lowest BCUT2D eigenvalue weighted by Gasteiger charge is -2.19. The average molecular weight is 447 g/mol. The van der Waals surface area contributed by atoms with E-state index in [0.717, 1.165) is 30.4 Å². The number of hydrogen-bond acceptors (Lipinski definition) is 5. The van der Waals surface area contributed by atoms with Gasteiger partial charge in [0.1, 0.15) is 0 Å². The lowest BCUT2D eigenvalue weighted by atomic mass is 9.81. The maximum atomic E-state index is 13.0. The summed E-state index contributed by atoms with van der Waals surface area (Å²) in [6, 6.07) is 11.9. The van der Waals surface area contributed by atoms with Crippen LogP contribution >= 0.6 is 0 Å². The quantitative estimate of drug-likeness (QED) is 0.559. The van der Waals surface area contributed by atoms with Crippen LogP contribution < -0.4 is 10.2 Å². The van der Waals surface area contributed by atoms with Gasteiger partial charge in [-0.2, -0.15) is 0 Å². The number of ether oxygens (including phenoxy) is 1. The van der Waals surface area contributed by atoms with E-state index in [-0.39, 0.29) is 29.2 Å². The number of anilines is 2. The van der Waals surface area contributed by atoms with E-state index in [4.69, 9.17) is 4.74 Å². The molecule has 2 aromatic carbocycles. The Hall–Kier alpha value is -3.48. The molecule has 0 radical (unpaired) electrons. The van der Waals surface area contributed by atoms with Gasteiger partial charge in [0.15, 0.2) is 6.61 Å². The molecule has 1 aliphatic heterocycles. The number of rotatable bonds is 5. The van der Waals surface area contributed by atoms with E-state index in [0.29, 0.717) is 23.2 Å². The van der Waals surface area contributed by atoms with Crippen molar-refractivity contribution in [2.24, 2.45) is 23.7 Å². The minimum absolute atomic E-state index is 0.115. The number of para-hydroxylation sites is 1. The molecule has 1 heterocycles. The van der Waals surface area contributed by atoms with Gasteiger partial charge < -0.3 is 10.1 Å². The molecule has 170 valence electrons. The molecule has 7 nitrogen and oxygen atoms in total. The summed E-state index contributed by atoms with van der Waals surface area (Å²) in [7, 11) is 0. The van der Waals surface area contributed by atoms with E-state index < -0.39 is 18.5 Å². The Morgan fingerprint density at radius 1 is 0.939 bits per heavy atom. The van der Waals surface area contributed by atoms with Gasteiger partial charge in [-0.25, -0.2) is 4.79 Å². The standard InChI is InChI=1S/C26H26N2O5/c1-14-4-3-5-15(2)23(14)27-20(29)13-33-26(32)16-8-10-19(11-9-16)28-24(30)21-17-6-7-18(12-17)22(21)25(28)31/h3-5,8-11,17-18,21-22H,6-7,12-13H2,1-2H3,(H,27,29)/t17-,18-,21-,22-/m0/s1. The number of nitrogens with zero attached hydrogens (tertiary/aromatic N) is 1. The molecule has 4 atom stereocenters. The number of benzene rings is 2. The second kappa shape index (κ2) is 8.14. The molecular formula is C26H26N2O5. The van der Waals surface area contributed by atoms with Crippen LogP contribution in [0.1, 0.15) is 40.7 Å². The highest BCUT2D eigenvalue weighted by Crippen LogP contribution is 2.56. The topological polar surface area (TPSA) is 92.8 Å². The third-order valence-electron chi connectivity index (χ3n) is 7.37. The molecule has 2 bridgehead atoms. The Kier molecular flexibility index (Phi) is 5.27. The number of amides is 3. The van der Waals surface area contributed by atoms with Gasteiger partial charge >= 0.3 is 5.97 Å². The molecule has 5 rings (SSSR count). The predicted octanol–water partition coefficient (Wildman–Crippen LogP) is 3.63. The fourth-order valence-corrected chi connectivity index (χ4v) is 5.81. The summed E-state index contributed by atoms with van der Waals surface area (Å²) in [6.45, 7) is 3.37. The highest BCUT2D eigenvalue weighted by atomic mass is 16.5. The molecule has 2 aliphatic carbocycles. The van der Waals surface area contributed by atoms with Gasteiger partial charge in [-0.1, -0.05) is 18.2 Å². The Morgan fingerprint density at radius 2 is 1.52 bits per heavy atom. The molecule has 3 aliphatic rings. The highest BCUT2D eigenvalue weighted by Gasteiger charge is 2.61. The van der Waals surface area contributed by atoms with E-state index >= 15 is 0 Å². The van der Waals surface area contributed by atoms with Crippen molar-refractivity contribution in [3.8, 4) is 0 Å². The third kappa shape index (κ3) is 3.61. The van der Waals surface area contributed by atoms with Gasteiger partial charge in [-0.05, 0) is 80.3 Å². The van der Waals surface area contributed by atoms with E-state index in [9.17, 15) is 19.2 Å². The van der Waals surface area contributed by atoms with Crippen molar-refractivity contribution in [3.63, 3.8) is 0 Å². The van der Waals surface area contributed by atoms with Crippen molar-refractivity contribution in [1.82, 2.24) is 0 Å². The number of aryl methyl sites for hydroxylation is 2. The molecule has 1 N–H and O–H groups in total. The van der Waals surface area contributed by atoms with Crippen LogP contribution in [0.3, 0.4) is 0 Å². The lowest BCUT2D eigenvalue weighted by molar-refractivity contribution is -0.123. The Bertz CT molecular complexity index is 1110. The SMILES string of the molecule is Cc1cccc(C)c1NC(=O)COC(=O)c1ccc(N2C(=O)[C@H]3[C@H]4CC[C@@H](C4)[C@@H]3C2=O)cc1. The summed E-state index contributed by atoms with van der Waals surface area (Å²) in [5.41, 5.74) is 3.28. The van der Waals surface area contributed by atoms with Crippen LogP contribution in [-0.4, -0.2) is 30.3 Å². The molecule has 3 fully saturated rings. The first-order valence-corrected chi connectivity index (χ1v) is 11.4. The number of carbonyl (C=O) groups is 4. The van der Waals surface area contributed by atoms with Gasteiger partial charge in [-0.15, -0.1) is 0 Å². The number of esters is 1. The summed E-state index contributed by atoms with van der Waals surface area (Å²) in [6.07, 6.45) is 3.04. The first-order chi connectivity index (χ1) is 15.8. The van der Waals surface area contributed by atoms with E-state index in [2.05, 4.69) is 5.32 Å². The number of nitrogens with one attached hydrogen (secondary N) is 1. The number of carbonyl (C=O) groups excluding carboxylic acids is 4. The molecule has 0 unspecified atom stereocenters. The molecule has 7 heteroatoms.